The van der Waals surface area contributed by atoms with E-state index < -0.39 is 10.8 Å². The molecule has 0 bridgehead atoms. The molecule has 5 aliphatic carbocycles. The first-order chi connectivity index (χ1) is 38.7. The second-order valence-electron chi connectivity index (χ2n) is 23.3. The number of anilines is 2. The van der Waals surface area contributed by atoms with Crippen molar-refractivity contribution in [1.82, 2.24) is 0 Å². The Bertz CT molecular complexity index is 3990. The molecule has 3 heteroatoms. The van der Waals surface area contributed by atoms with E-state index in [1.165, 1.54) is 170 Å². The Morgan fingerprint density at radius 3 is 1.44 bits per heavy atom. The zero-order valence-electron chi connectivity index (χ0n) is 43.9. The van der Waals surface area contributed by atoms with Crippen molar-refractivity contribution in [3.63, 3.8) is 0 Å². The quantitative estimate of drug-likeness (QED) is 0.166. The van der Waals surface area contributed by atoms with Crippen molar-refractivity contribution in [2.75, 3.05) is 4.90 Å². The first-order valence-electron chi connectivity index (χ1n) is 29.0. The van der Waals surface area contributed by atoms with Crippen LogP contribution in [0.1, 0.15) is 149 Å². The van der Waals surface area contributed by atoms with Crippen molar-refractivity contribution in [2.24, 2.45) is 0 Å². The fourth-order valence-electron chi connectivity index (χ4n) is 16.2. The van der Waals surface area contributed by atoms with Crippen molar-refractivity contribution >= 4 is 11.4 Å². The molecule has 2 spiro atoms. The van der Waals surface area contributed by atoms with Crippen LogP contribution in [0.15, 0.2) is 218 Å². The summed E-state index contributed by atoms with van der Waals surface area (Å²) in [5, 5.41) is 0. The van der Waals surface area contributed by atoms with Gasteiger partial charge in [0.05, 0.1) is 16.9 Å². The topological polar surface area (TPSA) is 21.7 Å². The van der Waals surface area contributed by atoms with Gasteiger partial charge >= 0.3 is 0 Å². The van der Waals surface area contributed by atoms with Crippen molar-refractivity contribution in [3.05, 3.63) is 285 Å². The summed E-state index contributed by atoms with van der Waals surface area (Å²) in [6.07, 6.45) is 12.9. The Hall–Kier alpha value is -8.40. The van der Waals surface area contributed by atoms with Gasteiger partial charge in [-0.05, 0) is 152 Å². The maximum atomic E-state index is 7.34. The molecule has 1 atom stereocenters. The maximum absolute atomic E-state index is 7.34. The van der Waals surface area contributed by atoms with Gasteiger partial charge in [0.2, 0.25) is 0 Å². The van der Waals surface area contributed by atoms with E-state index in [0.29, 0.717) is 11.8 Å². The SMILES string of the molecule is c1ccc(-c2ccccc2N(c2ccc3c(c2)C2(c4ccccc4Oc4ccccc42)c2ccccc2-3)C2c3ccc4c(c32)C2(c3ccccc3O4)c3cc(C4CCCCC4)ccc3-c3ccc(C4CCCCC4)cc32)cc1. The van der Waals surface area contributed by atoms with Gasteiger partial charge in [0.25, 0.3) is 0 Å². The Kier molecular flexibility index (Phi) is 9.77. The first kappa shape index (κ1) is 44.7. The molecular weight excluding hydrogens is 947 g/mol. The van der Waals surface area contributed by atoms with Crippen LogP contribution in [0.5, 0.6) is 23.0 Å². The van der Waals surface area contributed by atoms with Crippen LogP contribution in [0.4, 0.5) is 11.4 Å². The highest BCUT2D eigenvalue weighted by Crippen LogP contribution is 2.69. The molecule has 2 heterocycles. The predicted molar refractivity (Wildman–Crippen MR) is 315 cm³/mol. The Morgan fingerprint density at radius 1 is 0.346 bits per heavy atom. The van der Waals surface area contributed by atoms with Gasteiger partial charge in [0.15, 0.2) is 0 Å². The minimum atomic E-state index is -0.613. The van der Waals surface area contributed by atoms with Crippen LogP contribution in [-0.2, 0) is 10.8 Å². The van der Waals surface area contributed by atoms with Crippen LogP contribution in [-0.4, -0.2) is 0 Å². The molecule has 10 aromatic rings. The third-order valence-corrected chi connectivity index (χ3v) is 19.6. The lowest BCUT2D eigenvalue weighted by atomic mass is 9.64. The highest BCUT2D eigenvalue weighted by Gasteiger charge is 2.58. The molecule has 0 saturated heterocycles. The minimum absolute atomic E-state index is 0.0908. The fraction of sp³-hybridized carbons (Fsp3) is 0.200. The molecule has 0 N–H and O–H groups in total. The van der Waals surface area contributed by atoms with E-state index in [1.54, 1.807) is 0 Å². The van der Waals surface area contributed by atoms with Gasteiger partial charge < -0.3 is 14.4 Å². The second-order valence-corrected chi connectivity index (χ2v) is 23.3. The predicted octanol–water partition coefficient (Wildman–Crippen LogP) is 19.6. The Morgan fingerprint density at radius 2 is 0.821 bits per heavy atom. The summed E-state index contributed by atoms with van der Waals surface area (Å²) >= 11 is 0. The van der Waals surface area contributed by atoms with Crippen LogP contribution < -0.4 is 14.4 Å². The minimum Gasteiger partial charge on any atom is -0.457 e. The smallest absolute Gasteiger partial charge is 0.132 e. The summed E-state index contributed by atoms with van der Waals surface area (Å²) in [7, 11) is 0. The molecule has 0 aromatic heterocycles. The van der Waals surface area contributed by atoms with Crippen LogP contribution in [0.25, 0.3) is 33.4 Å². The van der Waals surface area contributed by atoms with Crippen LogP contribution in [0, 0.1) is 0 Å². The van der Waals surface area contributed by atoms with Crippen LogP contribution >= 0.6 is 0 Å². The number of benzene rings is 10. The van der Waals surface area contributed by atoms with Crippen molar-refractivity contribution in [2.45, 2.75) is 92.9 Å². The standard InChI is InChI=1S/C75H59NO2/c1-4-20-47(21-5-1)50-36-39-55-56-40-37-51(48-22-6-2-7-23-48)45-64(56)75(63(55)44-50)62-31-15-19-35-69(62)78-70-43-42-58-71(72(70)75)73(58)76(66-32-16-11-26-53(66)49-24-8-3-9-25-49)52-38-41-57-54-27-10-12-28-59(54)74(65(57)46-52)60-29-13-17-33-67(60)77-68-34-18-14-30-61(68)74/h3,8-19,24-48,73H,1-2,4-7,20-23H2. The summed E-state index contributed by atoms with van der Waals surface area (Å²) in [5.74, 6) is 4.86. The highest BCUT2D eigenvalue weighted by atomic mass is 16.5. The van der Waals surface area contributed by atoms with Gasteiger partial charge in [-0.1, -0.05) is 214 Å². The molecule has 2 saturated carbocycles. The van der Waals surface area contributed by atoms with Crippen molar-refractivity contribution < 1.29 is 9.47 Å². The van der Waals surface area contributed by atoms with E-state index in [9.17, 15) is 0 Å². The largest absolute Gasteiger partial charge is 0.457 e. The van der Waals surface area contributed by atoms with Gasteiger partial charge in [0.1, 0.15) is 23.0 Å². The summed E-state index contributed by atoms with van der Waals surface area (Å²) in [6, 6.07) is 83.1. The molecule has 376 valence electrons. The zero-order chi connectivity index (χ0) is 51.1. The van der Waals surface area contributed by atoms with Gasteiger partial charge in [-0.3, -0.25) is 0 Å². The highest BCUT2D eigenvalue weighted by molar-refractivity contribution is 5.95. The monoisotopic (exact) mass is 1010 g/mol. The lowest BCUT2D eigenvalue weighted by Crippen LogP contribution is -2.33. The summed E-state index contributed by atoms with van der Waals surface area (Å²) in [5.41, 5.74) is 24.8. The van der Waals surface area contributed by atoms with Gasteiger partial charge in [-0.2, -0.15) is 0 Å². The van der Waals surface area contributed by atoms with Crippen LogP contribution in [0.3, 0.4) is 0 Å². The first-order valence-corrected chi connectivity index (χ1v) is 29.0. The molecule has 3 nitrogen and oxygen atoms in total. The van der Waals surface area contributed by atoms with E-state index >= 15 is 0 Å². The number of ether oxygens (including phenoxy) is 2. The number of hydrogen-bond acceptors (Lipinski definition) is 3. The van der Waals surface area contributed by atoms with Gasteiger partial charge in [0, 0.05) is 39.2 Å². The molecular formula is C75H59NO2. The van der Waals surface area contributed by atoms with E-state index in [1.807, 2.05) is 0 Å². The molecule has 2 fully saturated rings. The van der Waals surface area contributed by atoms with E-state index in [4.69, 9.17) is 9.47 Å². The third-order valence-electron chi connectivity index (χ3n) is 19.6. The fourth-order valence-corrected chi connectivity index (χ4v) is 16.2. The van der Waals surface area contributed by atoms with Gasteiger partial charge in [-0.15, -0.1) is 0 Å². The molecule has 2 aliphatic heterocycles. The third kappa shape index (κ3) is 6.16. The maximum Gasteiger partial charge on any atom is 0.132 e. The van der Waals surface area contributed by atoms with Gasteiger partial charge in [-0.25, -0.2) is 0 Å². The number of rotatable bonds is 6. The summed E-state index contributed by atoms with van der Waals surface area (Å²) in [4.78, 5) is 2.70. The lowest BCUT2D eigenvalue weighted by molar-refractivity contribution is 0.433. The van der Waals surface area contributed by atoms with E-state index in [0.717, 1.165) is 28.7 Å². The Labute approximate surface area is 457 Å². The Balaban J connectivity index is 0.934. The number of fused-ring (bicyclic) bond motifs is 20. The van der Waals surface area contributed by atoms with Crippen molar-refractivity contribution in [1.29, 1.82) is 0 Å². The number of para-hydroxylation sites is 4. The average Bonchev–Trinajstić information content (AvgIpc) is 2.76. The summed E-state index contributed by atoms with van der Waals surface area (Å²) in [6.45, 7) is 0. The van der Waals surface area contributed by atoms with Crippen molar-refractivity contribution in [3.8, 4) is 56.4 Å². The molecule has 1 unspecified atom stereocenters. The summed E-state index contributed by atoms with van der Waals surface area (Å²) < 4.78 is 14.2. The normalized spacial score (nSPS) is 18.2. The lowest BCUT2D eigenvalue weighted by Gasteiger charge is -2.40. The second kappa shape index (κ2) is 17.0. The average molecular weight is 1010 g/mol. The van der Waals surface area contributed by atoms with Crippen LogP contribution in [0.2, 0.25) is 0 Å². The zero-order valence-corrected chi connectivity index (χ0v) is 43.9. The molecule has 0 amide bonds. The molecule has 78 heavy (non-hydrogen) atoms. The molecule has 0 radical (unpaired) electrons. The number of hydrogen-bond donors (Lipinski definition) is 0. The molecule has 7 aliphatic rings. The molecule has 10 aromatic carbocycles. The molecule has 17 rings (SSSR count). The number of nitrogens with zero attached hydrogens (tertiary/aromatic N) is 1. The van der Waals surface area contributed by atoms with E-state index in [2.05, 4.69) is 223 Å². The van der Waals surface area contributed by atoms with E-state index in [-0.39, 0.29) is 6.04 Å².